The Morgan fingerprint density at radius 3 is 2.37 bits per heavy atom. The highest BCUT2D eigenvalue weighted by molar-refractivity contribution is 6.74. The molecule has 1 aromatic heterocycles. The number of aliphatic hydroxyl groups is 1. The number of fused-ring (bicyclic) bond motifs is 4. The van der Waals surface area contributed by atoms with E-state index in [0.29, 0.717) is 35.7 Å². The summed E-state index contributed by atoms with van der Waals surface area (Å²) in [6.07, 6.45) is 3.85. The van der Waals surface area contributed by atoms with Crippen molar-refractivity contribution in [3.63, 3.8) is 0 Å². The topological polar surface area (TPSA) is 105 Å². The summed E-state index contributed by atoms with van der Waals surface area (Å²) in [7, 11) is 0.858. The molecular weight excluding hydrogens is 678 g/mol. The molecule has 3 aliphatic rings. The lowest BCUT2D eigenvalue weighted by Gasteiger charge is -2.55. The Kier molecular flexibility index (Phi) is 9.78. The molecule has 1 heterocycles. The molecule has 0 spiro atoms. The minimum Gasteiger partial charge on any atom is -0.508 e. The first-order valence-electron chi connectivity index (χ1n) is 17.8. The van der Waals surface area contributed by atoms with E-state index in [1.165, 1.54) is 6.07 Å². The van der Waals surface area contributed by atoms with Gasteiger partial charge in [-0.1, -0.05) is 63.3 Å². The van der Waals surface area contributed by atoms with Crippen LogP contribution in [0.15, 0.2) is 77.6 Å². The van der Waals surface area contributed by atoms with E-state index in [-0.39, 0.29) is 47.1 Å². The zero-order valence-electron chi connectivity index (χ0n) is 31.5. The fourth-order valence-electron chi connectivity index (χ4n) is 8.06. The number of halogens is 1. The van der Waals surface area contributed by atoms with Crippen molar-refractivity contribution < 1.29 is 32.8 Å². The van der Waals surface area contributed by atoms with Gasteiger partial charge in [0.25, 0.3) is 5.88 Å². The average molecular weight is 728 g/mol. The van der Waals surface area contributed by atoms with Crippen molar-refractivity contribution in [1.29, 1.82) is 0 Å². The quantitative estimate of drug-likeness (QED) is 0.154. The highest BCUT2D eigenvalue weighted by Gasteiger charge is 2.67. The number of carbonyl (C=O) groups excluding carboxylic acids is 2. The van der Waals surface area contributed by atoms with Crippen LogP contribution in [-0.4, -0.2) is 67.8 Å². The van der Waals surface area contributed by atoms with E-state index in [4.69, 9.17) is 13.7 Å². The number of rotatable bonds is 11. The second-order valence-electron chi connectivity index (χ2n) is 16.0. The summed E-state index contributed by atoms with van der Waals surface area (Å²) >= 11 is 0. The molecule has 3 aromatic rings. The first-order chi connectivity index (χ1) is 24.5. The van der Waals surface area contributed by atoms with Gasteiger partial charge >= 0.3 is 0 Å². The molecule has 52 heavy (non-hydrogen) atoms. The summed E-state index contributed by atoms with van der Waals surface area (Å²) in [6.45, 7) is 20.7. The van der Waals surface area contributed by atoms with Gasteiger partial charge in [-0.05, 0) is 85.8 Å². The van der Waals surface area contributed by atoms with Crippen LogP contribution in [0.1, 0.15) is 76.4 Å². The number of anilines is 1. The van der Waals surface area contributed by atoms with E-state index in [0.717, 1.165) is 5.56 Å². The molecule has 11 heteroatoms. The number of allylic oxidation sites excluding steroid dienone is 1. The zero-order chi connectivity index (χ0) is 37.9. The largest absolute Gasteiger partial charge is 0.508 e. The zero-order valence-corrected chi connectivity index (χ0v) is 32.5. The third-order valence-corrected chi connectivity index (χ3v) is 16.0. The number of ether oxygens (including phenoxy) is 1. The second kappa shape index (κ2) is 13.6. The predicted molar refractivity (Wildman–Crippen MR) is 202 cm³/mol. The van der Waals surface area contributed by atoms with Crippen molar-refractivity contribution in [2.75, 3.05) is 32.1 Å². The van der Waals surface area contributed by atoms with Gasteiger partial charge in [0.05, 0.1) is 6.04 Å². The molecule has 6 rings (SSSR count). The molecule has 3 aliphatic carbocycles. The number of benzene rings is 2. The standard InChI is InChI=1S/C41H50FN3O6Si/c1-11-18-45(19-12-2)30-22-29(42)27-20-26-21-28-34(44(7)8)36-33(39(43-50-36)49-23-25-16-14-13-15-17-25)38(48)41(28,51-52(9,10)40(4,5)6)37(47)32(26)35(46)31(27)24(30)3/h11-17,22,26,28,34,47H,1-2,18-21,23H2,3-10H3/t26-,28-,34-,41-/m0/s1. The van der Waals surface area contributed by atoms with Crippen molar-refractivity contribution in [3.8, 4) is 5.88 Å². The third kappa shape index (κ3) is 5.87. The maximum atomic E-state index is 16.2. The van der Waals surface area contributed by atoms with E-state index in [1.807, 2.05) is 67.3 Å². The smallest absolute Gasteiger partial charge is 0.265 e. The molecule has 276 valence electrons. The minimum absolute atomic E-state index is 0.000291. The third-order valence-electron chi connectivity index (χ3n) is 11.5. The van der Waals surface area contributed by atoms with Crippen LogP contribution in [-0.2, 0) is 17.5 Å². The summed E-state index contributed by atoms with van der Waals surface area (Å²) in [6, 6.07) is 10.4. The Labute approximate surface area is 306 Å². The van der Waals surface area contributed by atoms with Crippen LogP contribution in [0.25, 0.3) is 0 Å². The van der Waals surface area contributed by atoms with Crippen molar-refractivity contribution >= 4 is 25.6 Å². The summed E-state index contributed by atoms with van der Waals surface area (Å²) in [5, 5.41) is 16.7. The first-order valence-corrected chi connectivity index (χ1v) is 20.8. The number of Topliss-reactive ketones (excluding diaryl/α,β-unsaturated/α-hetero) is 2. The summed E-state index contributed by atoms with van der Waals surface area (Å²) in [5.41, 5.74) is 0.744. The average Bonchev–Trinajstić information content (AvgIpc) is 3.49. The van der Waals surface area contributed by atoms with Gasteiger partial charge in [0.2, 0.25) is 5.78 Å². The first kappa shape index (κ1) is 37.4. The number of aromatic nitrogens is 1. The minimum atomic E-state index is -2.88. The molecular formula is C41H50FN3O6Si. The van der Waals surface area contributed by atoms with Crippen LogP contribution in [0, 0.1) is 24.6 Å². The number of hydrogen-bond donors (Lipinski definition) is 1. The molecule has 2 aromatic carbocycles. The van der Waals surface area contributed by atoms with Crippen LogP contribution >= 0.6 is 0 Å². The highest BCUT2D eigenvalue weighted by Crippen LogP contribution is 2.59. The lowest BCUT2D eigenvalue weighted by Crippen LogP contribution is -2.65. The molecule has 0 fully saturated rings. The Hall–Kier alpha value is -4.32. The lowest BCUT2D eigenvalue weighted by molar-refractivity contribution is -0.0481. The fraction of sp³-hybridized carbons (Fsp3) is 0.439. The molecule has 0 radical (unpaired) electrons. The Morgan fingerprint density at radius 1 is 1.12 bits per heavy atom. The van der Waals surface area contributed by atoms with Crippen LogP contribution in [0.5, 0.6) is 5.88 Å². The van der Waals surface area contributed by atoms with Gasteiger partial charge in [0, 0.05) is 35.8 Å². The molecule has 0 saturated heterocycles. The summed E-state index contributed by atoms with van der Waals surface area (Å²) in [5.74, 6) is -2.92. The molecule has 0 unspecified atom stereocenters. The van der Waals surface area contributed by atoms with Crippen molar-refractivity contribution in [3.05, 3.63) is 112 Å². The van der Waals surface area contributed by atoms with Gasteiger partial charge in [-0.25, -0.2) is 4.39 Å². The highest BCUT2D eigenvalue weighted by atomic mass is 28.4. The van der Waals surface area contributed by atoms with Crippen LogP contribution in [0.2, 0.25) is 18.1 Å². The van der Waals surface area contributed by atoms with Crippen molar-refractivity contribution in [2.24, 2.45) is 11.8 Å². The summed E-state index contributed by atoms with van der Waals surface area (Å²) < 4.78 is 35.5. The molecule has 1 N–H and O–H groups in total. The number of hydrogen-bond acceptors (Lipinski definition) is 9. The van der Waals surface area contributed by atoms with Gasteiger partial charge < -0.3 is 23.7 Å². The Balaban J connectivity index is 1.58. The van der Waals surface area contributed by atoms with E-state index in [9.17, 15) is 9.90 Å². The van der Waals surface area contributed by atoms with Gasteiger partial charge in [-0.3, -0.25) is 14.5 Å². The Morgan fingerprint density at radius 2 is 1.77 bits per heavy atom. The van der Waals surface area contributed by atoms with Crippen LogP contribution < -0.4 is 9.64 Å². The van der Waals surface area contributed by atoms with E-state index < -0.39 is 54.9 Å². The number of ketones is 2. The normalized spacial score (nSPS) is 22.8. The van der Waals surface area contributed by atoms with E-state index >= 15 is 9.18 Å². The number of aliphatic hydroxyl groups excluding tert-OH is 1. The van der Waals surface area contributed by atoms with Gasteiger partial charge in [-0.15, -0.1) is 13.2 Å². The predicted octanol–water partition coefficient (Wildman–Crippen LogP) is 8.33. The van der Waals surface area contributed by atoms with Crippen LogP contribution in [0.3, 0.4) is 0 Å². The van der Waals surface area contributed by atoms with E-state index in [2.05, 4.69) is 39.1 Å². The lowest BCUT2D eigenvalue weighted by atomic mass is 9.58. The van der Waals surface area contributed by atoms with Crippen molar-refractivity contribution in [2.45, 2.75) is 76.9 Å². The molecule has 9 nitrogen and oxygen atoms in total. The Bertz CT molecular complexity index is 1950. The van der Waals surface area contributed by atoms with Crippen LogP contribution in [0.4, 0.5) is 10.1 Å². The SMILES string of the molecule is C=CCN(CC=C)c1cc(F)c2c(c1C)C(=O)C1=C(O)[C@]3(O[Si](C)(C)C(C)(C)C)C(=O)c4c(OCc5ccccc5)noc4[C@@H](N(C)C)[C@@H]3C[C@@H]1C2. The maximum Gasteiger partial charge on any atom is 0.265 e. The molecule has 4 atom stereocenters. The van der Waals surface area contributed by atoms with Gasteiger partial charge in [0.15, 0.2) is 25.5 Å². The molecule has 0 aliphatic heterocycles. The molecule has 0 saturated carbocycles. The maximum absolute atomic E-state index is 16.2. The summed E-state index contributed by atoms with van der Waals surface area (Å²) in [4.78, 5) is 34.1. The number of carbonyl (C=O) groups is 2. The van der Waals surface area contributed by atoms with Gasteiger partial charge in [-0.2, -0.15) is 0 Å². The molecule has 0 amide bonds. The second-order valence-corrected chi connectivity index (χ2v) is 20.7. The molecule has 0 bridgehead atoms. The van der Waals surface area contributed by atoms with Crippen molar-refractivity contribution in [1.82, 2.24) is 10.1 Å². The monoisotopic (exact) mass is 727 g/mol. The van der Waals surface area contributed by atoms with E-state index in [1.54, 1.807) is 19.1 Å². The van der Waals surface area contributed by atoms with Gasteiger partial charge in [0.1, 0.15) is 23.7 Å². The number of nitrogens with zero attached hydrogens (tertiary/aromatic N) is 3. The fourth-order valence-corrected chi connectivity index (χ4v) is 9.52.